The molecule has 0 aliphatic carbocycles. The SMILES string of the molecule is COc1ccc(S(=O)(=O)N(CC(=O)N/N=C/c2cc(C)n(-c3ccc(C)c(C)c3)c2C)c2ccc(C)cc2)cc1Br. The molecule has 1 N–H and O–H groups in total. The fourth-order valence-corrected chi connectivity index (χ4v) is 6.62. The standard InChI is InChI=1S/C31H33BrN4O4S/c1-20-7-10-26(11-8-20)35(41(38,39)28-13-14-30(40-6)29(32)17-28)19-31(37)34-33-18-25-16-23(4)36(24(25)5)27-12-9-21(2)22(3)15-27/h7-18H,19H2,1-6H3,(H,34,37)/b33-18+. The summed E-state index contributed by atoms with van der Waals surface area (Å²) in [6, 6.07) is 19.7. The summed E-state index contributed by atoms with van der Waals surface area (Å²) in [5.41, 5.74) is 10.1. The number of hydrogen-bond acceptors (Lipinski definition) is 5. The minimum Gasteiger partial charge on any atom is -0.496 e. The molecule has 1 aromatic heterocycles. The summed E-state index contributed by atoms with van der Waals surface area (Å²) < 4.78 is 36.3. The van der Waals surface area contributed by atoms with Gasteiger partial charge in [-0.15, -0.1) is 0 Å². The van der Waals surface area contributed by atoms with Crippen LogP contribution in [0.2, 0.25) is 0 Å². The zero-order chi connectivity index (χ0) is 29.9. The van der Waals surface area contributed by atoms with E-state index in [0.717, 1.165) is 32.5 Å². The van der Waals surface area contributed by atoms with E-state index >= 15 is 0 Å². The third-order valence-corrected chi connectivity index (χ3v) is 9.32. The molecule has 3 aromatic carbocycles. The van der Waals surface area contributed by atoms with Crippen molar-refractivity contribution in [2.24, 2.45) is 5.10 Å². The summed E-state index contributed by atoms with van der Waals surface area (Å²) >= 11 is 3.35. The highest BCUT2D eigenvalue weighted by molar-refractivity contribution is 9.10. The smallest absolute Gasteiger partial charge is 0.264 e. The highest BCUT2D eigenvalue weighted by Gasteiger charge is 2.28. The molecule has 0 unspecified atom stereocenters. The molecule has 0 saturated carbocycles. The lowest BCUT2D eigenvalue weighted by atomic mass is 10.1. The maximum Gasteiger partial charge on any atom is 0.264 e. The maximum absolute atomic E-state index is 13.7. The van der Waals surface area contributed by atoms with Gasteiger partial charge < -0.3 is 9.30 Å². The highest BCUT2D eigenvalue weighted by Crippen LogP contribution is 2.31. The molecule has 0 radical (unpaired) electrons. The number of ether oxygens (including phenoxy) is 1. The monoisotopic (exact) mass is 636 g/mol. The summed E-state index contributed by atoms with van der Waals surface area (Å²) in [6.07, 6.45) is 1.57. The van der Waals surface area contributed by atoms with Gasteiger partial charge in [0.05, 0.1) is 28.4 Å². The van der Waals surface area contributed by atoms with Crippen LogP contribution >= 0.6 is 15.9 Å². The van der Waals surface area contributed by atoms with Crippen molar-refractivity contribution >= 4 is 43.8 Å². The Bertz CT molecular complexity index is 1730. The fraction of sp³-hybridized carbons (Fsp3) is 0.226. The third-order valence-electron chi connectivity index (χ3n) is 6.93. The summed E-state index contributed by atoms with van der Waals surface area (Å²) in [5, 5.41) is 4.15. The molecule has 214 valence electrons. The van der Waals surface area contributed by atoms with Crippen molar-refractivity contribution in [3.63, 3.8) is 0 Å². The van der Waals surface area contributed by atoms with Gasteiger partial charge in [-0.05, 0) is 110 Å². The Morgan fingerprint density at radius 1 is 0.976 bits per heavy atom. The first kappa shape index (κ1) is 30.1. The zero-order valence-electron chi connectivity index (χ0n) is 23.9. The first-order valence-electron chi connectivity index (χ1n) is 12.9. The van der Waals surface area contributed by atoms with Crippen LogP contribution in [0.1, 0.15) is 33.6 Å². The quantitative estimate of drug-likeness (QED) is 0.176. The molecule has 0 fully saturated rings. The molecule has 41 heavy (non-hydrogen) atoms. The van der Waals surface area contributed by atoms with Crippen LogP contribution in [0.25, 0.3) is 5.69 Å². The molecule has 1 amide bonds. The largest absolute Gasteiger partial charge is 0.496 e. The van der Waals surface area contributed by atoms with Crippen molar-refractivity contribution in [1.29, 1.82) is 0 Å². The number of sulfonamides is 1. The second-order valence-corrected chi connectivity index (χ2v) is 12.6. The maximum atomic E-state index is 13.7. The van der Waals surface area contributed by atoms with Crippen LogP contribution < -0.4 is 14.5 Å². The van der Waals surface area contributed by atoms with Crippen molar-refractivity contribution in [1.82, 2.24) is 9.99 Å². The van der Waals surface area contributed by atoms with Gasteiger partial charge in [0.1, 0.15) is 12.3 Å². The van der Waals surface area contributed by atoms with E-state index in [9.17, 15) is 13.2 Å². The predicted molar refractivity (Wildman–Crippen MR) is 167 cm³/mol. The first-order valence-corrected chi connectivity index (χ1v) is 15.2. The minimum atomic E-state index is -4.10. The Labute approximate surface area is 249 Å². The van der Waals surface area contributed by atoms with E-state index in [1.54, 1.807) is 36.5 Å². The molecule has 0 bridgehead atoms. The number of nitrogens with one attached hydrogen (secondary N) is 1. The number of carbonyl (C=O) groups is 1. The molecule has 1 heterocycles. The average molecular weight is 638 g/mol. The van der Waals surface area contributed by atoms with Gasteiger partial charge in [0, 0.05) is 22.6 Å². The van der Waals surface area contributed by atoms with E-state index in [1.807, 2.05) is 26.8 Å². The van der Waals surface area contributed by atoms with Gasteiger partial charge in [-0.25, -0.2) is 13.8 Å². The number of methoxy groups -OCH3 is 1. The molecule has 0 saturated heterocycles. The Morgan fingerprint density at radius 3 is 2.32 bits per heavy atom. The highest BCUT2D eigenvalue weighted by atomic mass is 79.9. The summed E-state index contributed by atoms with van der Waals surface area (Å²) in [4.78, 5) is 13.0. The van der Waals surface area contributed by atoms with E-state index in [2.05, 4.69) is 63.1 Å². The molecule has 4 rings (SSSR count). The van der Waals surface area contributed by atoms with Crippen molar-refractivity contribution in [3.05, 3.63) is 105 Å². The molecule has 10 heteroatoms. The Hall–Kier alpha value is -3.89. The first-order chi connectivity index (χ1) is 19.4. The number of aryl methyl sites for hydroxylation is 4. The van der Waals surface area contributed by atoms with Crippen LogP contribution in [0.5, 0.6) is 5.75 Å². The predicted octanol–water partition coefficient (Wildman–Crippen LogP) is 6.14. The number of nitrogens with zero attached hydrogens (tertiary/aromatic N) is 3. The van der Waals surface area contributed by atoms with Crippen molar-refractivity contribution in [2.75, 3.05) is 18.0 Å². The molecule has 0 spiro atoms. The summed E-state index contributed by atoms with van der Waals surface area (Å²) in [7, 11) is -2.60. The summed E-state index contributed by atoms with van der Waals surface area (Å²) in [5.74, 6) is -0.0873. The number of benzene rings is 3. The minimum absolute atomic E-state index is 0.0147. The van der Waals surface area contributed by atoms with Gasteiger partial charge in [-0.3, -0.25) is 9.10 Å². The van der Waals surface area contributed by atoms with Crippen LogP contribution in [-0.4, -0.2) is 38.8 Å². The van der Waals surface area contributed by atoms with Gasteiger partial charge in [0.15, 0.2) is 0 Å². The molecule has 4 aromatic rings. The third kappa shape index (κ3) is 6.55. The van der Waals surface area contributed by atoms with Crippen LogP contribution in [-0.2, 0) is 14.8 Å². The molecule has 0 atom stereocenters. The Balaban J connectivity index is 1.57. The van der Waals surface area contributed by atoms with Crippen LogP contribution in [0.4, 0.5) is 5.69 Å². The Morgan fingerprint density at radius 2 is 1.68 bits per heavy atom. The van der Waals surface area contributed by atoms with Crippen molar-refractivity contribution < 1.29 is 17.9 Å². The molecule has 0 aliphatic heterocycles. The van der Waals surface area contributed by atoms with Gasteiger partial charge in [0.2, 0.25) is 0 Å². The summed E-state index contributed by atoms with van der Waals surface area (Å²) in [6.45, 7) is 9.61. The lowest BCUT2D eigenvalue weighted by molar-refractivity contribution is -0.119. The van der Waals surface area contributed by atoms with Crippen LogP contribution in [0, 0.1) is 34.6 Å². The van der Waals surface area contributed by atoms with Gasteiger partial charge >= 0.3 is 0 Å². The molecule has 0 aliphatic rings. The molecule has 8 nitrogen and oxygen atoms in total. The number of halogens is 1. The zero-order valence-corrected chi connectivity index (χ0v) is 26.3. The van der Waals surface area contributed by atoms with Gasteiger partial charge in [-0.2, -0.15) is 5.10 Å². The fourth-order valence-electron chi connectivity index (χ4n) is 4.48. The normalized spacial score (nSPS) is 11.6. The van der Waals surface area contributed by atoms with Crippen LogP contribution in [0.15, 0.2) is 81.2 Å². The molecular formula is C31H33BrN4O4S. The second kappa shape index (κ2) is 12.3. The van der Waals surface area contributed by atoms with E-state index in [4.69, 9.17) is 4.74 Å². The number of hydrogen-bond donors (Lipinski definition) is 1. The van der Waals surface area contributed by atoms with Crippen LogP contribution in [0.3, 0.4) is 0 Å². The number of anilines is 1. The van der Waals surface area contributed by atoms with Gasteiger partial charge in [-0.1, -0.05) is 23.8 Å². The van der Waals surface area contributed by atoms with E-state index in [1.165, 1.54) is 30.4 Å². The number of hydrazone groups is 1. The number of amides is 1. The number of aromatic nitrogens is 1. The number of rotatable bonds is 9. The van der Waals surface area contributed by atoms with Crippen molar-refractivity contribution in [2.45, 2.75) is 39.5 Å². The van der Waals surface area contributed by atoms with E-state index in [0.29, 0.717) is 15.9 Å². The Kier molecular flexibility index (Phi) is 9.04. The van der Waals surface area contributed by atoms with Gasteiger partial charge in [0.25, 0.3) is 15.9 Å². The number of carbonyl (C=O) groups excluding carboxylic acids is 1. The van der Waals surface area contributed by atoms with Crippen molar-refractivity contribution in [3.8, 4) is 11.4 Å². The average Bonchev–Trinajstić information content (AvgIpc) is 3.21. The van der Waals surface area contributed by atoms with E-state index in [-0.39, 0.29) is 4.90 Å². The van der Waals surface area contributed by atoms with E-state index < -0.39 is 22.5 Å². The molecular weight excluding hydrogens is 604 g/mol. The topological polar surface area (TPSA) is 93.0 Å². The lowest BCUT2D eigenvalue weighted by Crippen LogP contribution is -2.39. The lowest BCUT2D eigenvalue weighted by Gasteiger charge is -2.24. The second-order valence-electron chi connectivity index (χ2n) is 9.87.